The van der Waals surface area contributed by atoms with Crippen LogP contribution in [0.4, 0.5) is 5.69 Å². The van der Waals surface area contributed by atoms with E-state index in [4.69, 9.17) is 21.2 Å². The van der Waals surface area contributed by atoms with Gasteiger partial charge in [-0.05, 0) is 47.5 Å². The number of hydrogen-bond donors (Lipinski definition) is 1. The lowest BCUT2D eigenvalue weighted by Gasteiger charge is -2.27. The quantitative estimate of drug-likeness (QED) is 0.414. The van der Waals surface area contributed by atoms with Gasteiger partial charge in [0.05, 0.1) is 5.71 Å². The standard InChI is InChI=1S/C28H32ClN3O3/c1-31(2)24-13-11-22(12-14-24)28-16-27(35-30-28)19-32(17-21-7-6-8-23(29)15-21)18-25(33)20-34-26-9-4-3-5-10-26/h3-15,25,27,33H,16-20H2,1-2H3/t25-,27-/m1/s1. The molecule has 0 aromatic heterocycles. The maximum atomic E-state index is 10.7. The molecule has 1 N–H and O–H groups in total. The Bertz CT molecular complexity index is 1110. The largest absolute Gasteiger partial charge is 0.491 e. The molecular formula is C28H32ClN3O3. The highest BCUT2D eigenvalue weighted by atomic mass is 35.5. The summed E-state index contributed by atoms with van der Waals surface area (Å²) in [6, 6.07) is 25.6. The monoisotopic (exact) mass is 493 g/mol. The molecule has 3 aromatic rings. The third kappa shape index (κ3) is 7.46. The van der Waals surface area contributed by atoms with Gasteiger partial charge in [0.1, 0.15) is 24.6 Å². The molecule has 7 heteroatoms. The molecule has 184 valence electrons. The predicted octanol–water partition coefficient (Wildman–Crippen LogP) is 4.84. The number of benzene rings is 3. The Hall–Kier alpha value is -3.06. The number of oxime groups is 1. The summed E-state index contributed by atoms with van der Waals surface area (Å²) in [6.07, 6.45) is -0.0426. The van der Waals surface area contributed by atoms with Crippen molar-refractivity contribution in [2.45, 2.75) is 25.2 Å². The Morgan fingerprint density at radius 2 is 1.83 bits per heavy atom. The highest BCUT2D eigenvalue weighted by Crippen LogP contribution is 2.21. The van der Waals surface area contributed by atoms with Gasteiger partial charge in [0, 0.05) is 50.9 Å². The Labute approximate surface area is 212 Å². The van der Waals surface area contributed by atoms with Crippen molar-refractivity contribution in [1.82, 2.24) is 4.90 Å². The minimum absolute atomic E-state index is 0.0973. The SMILES string of the molecule is CN(C)c1ccc(C2=NO[C@@H](CN(Cc3cccc(Cl)c3)C[C@@H](O)COc3ccccc3)C2)cc1. The maximum absolute atomic E-state index is 10.7. The molecular weight excluding hydrogens is 462 g/mol. The first-order valence-electron chi connectivity index (χ1n) is 11.8. The van der Waals surface area contributed by atoms with Crippen LogP contribution in [0.3, 0.4) is 0 Å². The Balaban J connectivity index is 1.37. The number of para-hydroxylation sites is 1. The summed E-state index contributed by atoms with van der Waals surface area (Å²) in [6.45, 7) is 1.90. The zero-order valence-electron chi connectivity index (χ0n) is 20.2. The first kappa shape index (κ1) is 25.0. The summed E-state index contributed by atoms with van der Waals surface area (Å²) in [4.78, 5) is 10.0. The van der Waals surface area contributed by atoms with Crippen LogP contribution in [-0.4, -0.2) is 61.7 Å². The van der Waals surface area contributed by atoms with Gasteiger partial charge in [-0.25, -0.2) is 0 Å². The lowest BCUT2D eigenvalue weighted by molar-refractivity contribution is 0.0213. The van der Waals surface area contributed by atoms with Crippen LogP contribution in [0, 0.1) is 0 Å². The molecule has 35 heavy (non-hydrogen) atoms. The number of aliphatic hydroxyl groups is 1. The normalized spacial score (nSPS) is 16.0. The van der Waals surface area contributed by atoms with E-state index in [1.807, 2.05) is 68.7 Å². The van der Waals surface area contributed by atoms with E-state index in [1.165, 1.54) is 0 Å². The number of anilines is 1. The van der Waals surface area contributed by atoms with Crippen LogP contribution >= 0.6 is 11.6 Å². The minimum Gasteiger partial charge on any atom is -0.491 e. The van der Waals surface area contributed by atoms with Crippen molar-refractivity contribution >= 4 is 23.0 Å². The Kier molecular flexibility index (Phi) is 8.64. The van der Waals surface area contributed by atoms with E-state index in [9.17, 15) is 5.11 Å². The molecule has 0 amide bonds. The number of halogens is 1. The zero-order chi connectivity index (χ0) is 24.6. The molecule has 0 aliphatic carbocycles. The average molecular weight is 494 g/mol. The van der Waals surface area contributed by atoms with Crippen LogP contribution in [0.25, 0.3) is 0 Å². The Morgan fingerprint density at radius 3 is 2.54 bits per heavy atom. The molecule has 0 bridgehead atoms. The van der Waals surface area contributed by atoms with Crippen LogP contribution in [-0.2, 0) is 11.4 Å². The first-order valence-corrected chi connectivity index (χ1v) is 12.2. The molecule has 0 radical (unpaired) electrons. The summed E-state index contributed by atoms with van der Waals surface area (Å²) in [7, 11) is 4.05. The molecule has 1 heterocycles. The van der Waals surface area contributed by atoms with Gasteiger partial charge in [0.2, 0.25) is 0 Å². The van der Waals surface area contributed by atoms with Crippen molar-refractivity contribution in [1.29, 1.82) is 0 Å². The lowest BCUT2D eigenvalue weighted by atomic mass is 10.0. The highest BCUT2D eigenvalue weighted by Gasteiger charge is 2.26. The second kappa shape index (κ2) is 12.1. The molecule has 2 atom stereocenters. The summed E-state index contributed by atoms with van der Waals surface area (Å²) >= 11 is 6.21. The zero-order valence-corrected chi connectivity index (χ0v) is 20.9. The molecule has 0 saturated heterocycles. The number of aliphatic hydroxyl groups excluding tert-OH is 1. The van der Waals surface area contributed by atoms with Gasteiger partial charge in [-0.15, -0.1) is 0 Å². The third-order valence-corrected chi connectivity index (χ3v) is 6.10. The predicted molar refractivity (Wildman–Crippen MR) is 141 cm³/mol. The van der Waals surface area contributed by atoms with Gasteiger partial charge >= 0.3 is 0 Å². The molecule has 0 unspecified atom stereocenters. The average Bonchev–Trinajstić information content (AvgIpc) is 3.32. The van der Waals surface area contributed by atoms with Gasteiger partial charge in [-0.2, -0.15) is 0 Å². The number of hydrogen-bond acceptors (Lipinski definition) is 6. The molecule has 1 aliphatic rings. The number of ether oxygens (including phenoxy) is 1. The van der Waals surface area contributed by atoms with Crippen molar-refractivity contribution in [2.75, 3.05) is 38.7 Å². The van der Waals surface area contributed by atoms with E-state index in [0.717, 1.165) is 28.3 Å². The first-order chi connectivity index (χ1) is 17.0. The topological polar surface area (TPSA) is 57.5 Å². The molecule has 0 saturated carbocycles. The van der Waals surface area contributed by atoms with Crippen molar-refractivity contribution in [3.05, 3.63) is 95.0 Å². The molecule has 4 rings (SSSR count). The fraction of sp³-hybridized carbons (Fsp3) is 0.321. The number of rotatable bonds is 11. The Morgan fingerprint density at radius 1 is 1.06 bits per heavy atom. The van der Waals surface area contributed by atoms with Crippen molar-refractivity contribution in [3.63, 3.8) is 0 Å². The van der Waals surface area contributed by atoms with Gasteiger partial charge in [0.25, 0.3) is 0 Å². The molecule has 1 aliphatic heterocycles. The molecule has 0 spiro atoms. The van der Waals surface area contributed by atoms with Crippen molar-refractivity contribution in [3.8, 4) is 5.75 Å². The molecule has 0 fully saturated rings. The fourth-order valence-corrected chi connectivity index (χ4v) is 4.31. The van der Waals surface area contributed by atoms with Crippen LogP contribution < -0.4 is 9.64 Å². The summed E-state index contributed by atoms with van der Waals surface area (Å²) < 4.78 is 5.75. The van der Waals surface area contributed by atoms with E-state index in [1.54, 1.807) is 0 Å². The van der Waals surface area contributed by atoms with E-state index < -0.39 is 6.10 Å². The van der Waals surface area contributed by atoms with Crippen molar-refractivity contribution in [2.24, 2.45) is 5.16 Å². The van der Waals surface area contributed by atoms with Gasteiger partial charge in [-0.1, -0.05) is 59.2 Å². The van der Waals surface area contributed by atoms with Crippen LogP contribution in [0.1, 0.15) is 17.5 Å². The van der Waals surface area contributed by atoms with Gasteiger partial charge < -0.3 is 19.6 Å². The minimum atomic E-state index is -0.658. The highest BCUT2D eigenvalue weighted by molar-refractivity contribution is 6.30. The summed E-state index contributed by atoms with van der Waals surface area (Å²) in [5.74, 6) is 0.741. The van der Waals surface area contributed by atoms with Crippen LogP contribution in [0.2, 0.25) is 5.02 Å². The molecule has 6 nitrogen and oxygen atoms in total. The van der Waals surface area contributed by atoms with E-state index >= 15 is 0 Å². The molecule has 3 aromatic carbocycles. The summed E-state index contributed by atoms with van der Waals surface area (Å²) in [5, 5.41) is 15.8. The van der Waals surface area contributed by atoms with Crippen LogP contribution in [0.5, 0.6) is 5.75 Å². The maximum Gasteiger partial charge on any atom is 0.145 e. The number of nitrogens with zero attached hydrogens (tertiary/aromatic N) is 3. The summed E-state index contributed by atoms with van der Waals surface area (Å²) in [5.41, 5.74) is 4.23. The smallest absolute Gasteiger partial charge is 0.145 e. The van der Waals surface area contributed by atoms with E-state index in [2.05, 4.69) is 39.2 Å². The van der Waals surface area contributed by atoms with E-state index in [-0.39, 0.29) is 12.7 Å². The van der Waals surface area contributed by atoms with Gasteiger partial charge in [-0.3, -0.25) is 4.90 Å². The lowest BCUT2D eigenvalue weighted by Crippen LogP contribution is -2.39. The van der Waals surface area contributed by atoms with E-state index in [0.29, 0.717) is 31.1 Å². The second-order valence-electron chi connectivity index (χ2n) is 9.01. The third-order valence-electron chi connectivity index (χ3n) is 5.86. The van der Waals surface area contributed by atoms with Gasteiger partial charge in [0.15, 0.2) is 0 Å². The fourth-order valence-electron chi connectivity index (χ4n) is 4.09. The second-order valence-corrected chi connectivity index (χ2v) is 9.45. The van der Waals surface area contributed by atoms with Crippen molar-refractivity contribution < 1.29 is 14.7 Å². The van der Waals surface area contributed by atoms with Crippen LogP contribution in [0.15, 0.2) is 84.0 Å².